The van der Waals surface area contributed by atoms with Crippen LogP contribution in [0.5, 0.6) is 0 Å². The van der Waals surface area contributed by atoms with Crippen LogP contribution in [0.2, 0.25) is 0 Å². The molecule has 1 amide bonds. The molecule has 0 saturated heterocycles. The largest absolute Gasteiger partial charge is 0.479 e. The summed E-state index contributed by atoms with van der Waals surface area (Å²) in [6.07, 6.45) is 7.64. The molecule has 4 rings (SSSR count). The Bertz CT molecular complexity index is 1050. The van der Waals surface area contributed by atoms with Gasteiger partial charge in [0.1, 0.15) is 5.60 Å². The van der Waals surface area contributed by atoms with Crippen LogP contribution in [-0.2, 0) is 19.2 Å². The first-order valence-electron chi connectivity index (χ1n) is 14.0. The Hall–Kier alpha value is -2.26. The van der Waals surface area contributed by atoms with Gasteiger partial charge in [-0.15, -0.1) is 0 Å². The van der Waals surface area contributed by atoms with Crippen LogP contribution in [0.25, 0.3) is 0 Å². The van der Waals surface area contributed by atoms with Crippen molar-refractivity contribution in [2.24, 2.45) is 39.2 Å². The van der Waals surface area contributed by atoms with Gasteiger partial charge in [0.2, 0.25) is 0 Å². The fourth-order valence-electron chi connectivity index (χ4n) is 8.22. The molecule has 4 aliphatic rings. The summed E-state index contributed by atoms with van der Waals surface area (Å²) in [6.45, 7) is 8.89. The summed E-state index contributed by atoms with van der Waals surface area (Å²) in [5, 5.41) is 36.9. The molecular formula is C29H44N2O7. The third-order valence-corrected chi connectivity index (χ3v) is 10.8. The minimum Gasteiger partial charge on any atom is -0.479 e. The van der Waals surface area contributed by atoms with Gasteiger partial charge in [-0.3, -0.25) is 9.59 Å². The predicted octanol–water partition coefficient (Wildman–Crippen LogP) is 3.23. The molecule has 3 fully saturated rings. The summed E-state index contributed by atoms with van der Waals surface area (Å²) in [5.74, 6) is -0.453. The number of nitrogens with zero attached hydrogens (tertiary/aromatic N) is 1. The van der Waals surface area contributed by atoms with E-state index in [0.717, 1.165) is 50.7 Å². The van der Waals surface area contributed by atoms with Gasteiger partial charge in [-0.2, -0.15) is 0 Å². The molecule has 0 aromatic heterocycles. The van der Waals surface area contributed by atoms with Crippen molar-refractivity contribution in [3.05, 3.63) is 11.6 Å². The highest BCUT2D eigenvalue weighted by Crippen LogP contribution is 2.67. The first-order valence-corrected chi connectivity index (χ1v) is 14.0. The Kier molecular flexibility index (Phi) is 7.60. The summed E-state index contributed by atoms with van der Waals surface area (Å²) in [5.41, 5.74) is -0.295. The SMILES string of the molecule is CC(=O)[C@@]1(O)CC[C@H]2[C@@H]3CCC4=CC(=NOCC(=O)NCC(C)(C)C(O)C(=O)O)CC[C@]4(C)[C@H]3CC[C@@]21C. The van der Waals surface area contributed by atoms with Gasteiger partial charge in [-0.1, -0.05) is 38.4 Å². The van der Waals surface area contributed by atoms with Gasteiger partial charge in [-0.25, -0.2) is 4.79 Å². The van der Waals surface area contributed by atoms with Crippen LogP contribution in [0.4, 0.5) is 0 Å². The molecule has 38 heavy (non-hydrogen) atoms. The Labute approximate surface area is 225 Å². The van der Waals surface area contributed by atoms with Gasteiger partial charge >= 0.3 is 5.97 Å². The predicted molar refractivity (Wildman–Crippen MR) is 141 cm³/mol. The minimum absolute atomic E-state index is 0.00590. The Morgan fingerprint density at radius 1 is 1.13 bits per heavy atom. The van der Waals surface area contributed by atoms with Gasteiger partial charge in [-0.05, 0) is 87.5 Å². The second-order valence-corrected chi connectivity index (χ2v) is 13.3. The number of aliphatic hydroxyl groups excluding tert-OH is 1. The highest BCUT2D eigenvalue weighted by atomic mass is 16.6. The zero-order chi connectivity index (χ0) is 28.1. The van der Waals surface area contributed by atoms with Crippen molar-refractivity contribution in [1.29, 1.82) is 0 Å². The van der Waals surface area contributed by atoms with E-state index in [9.17, 15) is 24.6 Å². The first-order chi connectivity index (χ1) is 17.7. The fourth-order valence-corrected chi connectivity index (χ4v) is 8.22. The average molecular weight is 533 g/mol. The van der Waals surface area contributed by atoms with Crippen LogP contribution in [0, 0.1) is 34.0 Å². The summed E-state index contributed by atoms with van der Waals surface area (Å²) >= 11 is 0. The number of oxime groups is 1. The molecule has 0 radical (unpaired) electrons. The van der Waals surface area contributed by atoms with Gasteiger partial charge in [0, 0.05) is 17.4 Å². The number of carbonyl (C=O) groups is 3. The number of Topliss-reactive ketones (excluding diaryl/α,β-unsaturated/α-hetero) is 1. The molecule has 9 nitrogen and oxygen atoms in total. The zero-order valence-corrected chi connectivity index (χ0v) is 23.4. The number of hydrogen-bond acceptors (Lipinski definition) is 7. The van der Waals surface area contributed by atoms with Crippen molar-refractivity contribution in [2.75, 3.05) is 13.2 Å². The minimum atomic E-state index is -1.59. The van der Waals surface area contributed by atoms with Crippen molar-refractivity contribution in [2.45, 2.75) is 97.7 Å². The van der Waals surface area contributed by atoms with Crippen LogP contribution >= 0.6 is 0 Å². The highest BCUT2D eigenvalue weighted by molar-refractivity contribution is 5.96. The molecule has 212 valence electrons. The maximum atomic E-state index is 12.4. The molecule has 4 N–H and O–H groups in total. The van der Waals surface area contributed by atoms with Crippen LogP contribution < -0.4 is 5.32 Å². The van der Waals surface area contributed by atoms with E-state index in [2.05, 4.69) is 30.4 Å². The van der Waals surface area contributed by atoms with E-state index < -0.39 is 29.0 Å². The molecule has 0 aliphatic heterocycles. The lowest BCUT2D eigenvalue weighted by molar-refractivity contribution is -0.159. The number of aliphatic carboxylic acids is 1. The Morgan fingerprint density at radius 2 is 1.82 bits per heavy atom. The van der Waals surface area contributed by atoms with Crippen LogP contribution in [0.15, 0.2) is 16.8 Å². The van der Waals surface area contributed by atoms with Crippen molar-refractivity contribution in [3.63, 3.8) is 0 Å². The molecule has 7 atom stereocenters. The van der Waals surface area contributed by atoms with Crippen molar-refractivity contribution in [3.8, 4) is 0 Å². The number of aliphatic hydroxyl groups is 2. The van der Waals surface area contributed by atoms with E-state index in [4.69, 9.17) is 9.94 Å². The fraction of sp³-hybridized carbons (Fsp3) is 0.793. The smallest absolute Gasteiger partial charge is 0.333 e. The second-order valence-electron chi connectivity index (χ2n) is 13.3. The number of rotatable bonds is 8. The lowest BCUT2D eigenvalue weighted by atomic mass is 9.46. The number of hydrogen-bond donors (Lipinski definition) is 4. The molecule has 3 saturated carbocycles. The third kappa shape index (κ3) is 4.70. The van der Waals surface area contributed by atoms with Crippen LogP contribution in [0.3, 0.4) is 0 Å². The molecular weight excluding hydrogens is 488 g/mol. The van der Waals surface area contributed by atoms with Crippen molar-refractivity contribution in [1.82, 2.24) is 5.32 Å². The molecule has 4 aliphatic carbocycles. The first kappa shape index (κ1) is 28.7. The number of amides is 1. The molecule has 1 unspecified atom stereocenters. The van der Waals surface area contributed by atoms with Crippen LogP contribution in [0.1, 0.15) is 86.0 Å². The van der Waals surface area contributed by atoms with E-state index in [1.807, 2.05) is 0 Å². The quantitative estimate of drug-likeness (QED) is 0.351. The second kappa shape index (κ2) is 10.0. The summed E-state index contributed by atoms with van der Waals surface area (Å²) in [6, 6.07) is 0. The Balaban J connectivity index is 1.37. The monoisotopic (exact) mass is 532 g/mol. The number of allylic oxidation sites excluding steroid dienone is 2. The van der Waals surface area contributed by atoms with Gasteiger partial charge in [0.15, 0.2) is 18.5 Å². The summed E-state index contributed by atoms with van der Waals surface area (Å²) < 4.78 is 0. The third-order valence-electron chi connectivity index (χ3n) is 10.8. The lowest BCUT2D eigenvalue weighted by Gasteiger charge is -2.59. The van der Waals surface area contributed by atoms with E-state index in [-0.39, 0.29) is 29.8 Å². The highest BCUT2D eigenvalue weighted by Gasteiger charge is 2.65. The maximum Gasteiger partial charge on any atom is 0.333 e. The van der Waals surface area contributed by atoms with Crippen LogP contribution in [-0.4, -0.2) is 63.5 Å². The number of ketones is 1. The summed E-state index contributed by atoms with van der Waals surface area (Å²) in [4.78, 5) is 41.0. The van der Waals surface area contributed by atoms with Gasteiger partial charge in [0.05, 0.1) is 5.71 Å². The number of nitrogens with one attached hydrogen (secondary N) is 1. The molecule has 0 bridgehead atoms. The molecule has 9 heteroatoms. The van der Waals surface area contributed by atoms with E-state index in [1.54, 1.807) is 20.8 Å². The Morgan fingerprint density at radius 3 is 2.47 bits per heavy atom. The summed E-state index contributed by atoms with van der Waals surface area (Å²) in [7, 11) is 0. The topological polar surface area (TPSA) is 146 Å². The average Bonchev–Trinajstić information content (AvgIpc) is 3.14. The number of carboxylic acid groups (broad SMARTS) is 1. The number of carboxylic acids is 1. The van der Waals surface area contributed by atoms with Crippen molar-refractivity contribution >= 4 is 23.4 Å². The molecule has 0 aromatic rings. The van der Waals surface area contributed by atoms with E-state index in [1.165, 1.54) is 5.57 Å². The van der Waals surface area contributed by atoms with E-state index >= 15 is 0 Å². The molecule has 0 spiro atoms. The van der Waals surface area contributed by atoms with E-state index in [0.29, 0.717) is 24.2 Å². The van der Waals surface area contributed by atoms with Crippen molar-refractivity contribution < 1.29 is 34.5 Å². The molecule has 0 heterocycles. The van der Waals surface area contributed by atoms with Gasteiger partial charge in [0.25, 0.3) is 5.91 Å². The normalized spacial score (nSPS) is 38.3. The maximum absolute atomic E-state index is 12.4. The number of fused-ring (bicyclic) bond motifs is 5. The number of carbonyl (C=O) groups excluding carboxylic acids is 2. The lowest BCUT2D eigenvalue weighted by Crippen LogP contribution is -2.57. The standard InChI is InChI=1S/C29H44N2O7/c1-17(32)29(37)13-10-22-20-7-6-18-14-19(8-11-27(18,4)21(20)9-12-28(22,29)5)31-38-15-23(33)30-16-26(2,3)24(34)25(35)36/h14,20-22,24,34,37H,6-13,15-16H2,1-5H3,(H,30,33)(H,35,36)/t20-,21+,22+,24?,27+,28+,29+/m1/s1. The van der Waals surface area contributed by atoms with Gasteiger partial charge < -0.3 is 25.5 Å². The zero-order valence-electron chi connectivity index (χ0n) is 23.4. The molecule has 0 aromatic carbocycles.